The van der Waals surface area contributed by atoms with Gasteiger partial charge in [-0.25, -0.2) is 0 Å². The first-order chi connectivity index (χ1) is 8.60. The van der Waals surface area contributed by atoms with E-state index in [0.29, 0.717) is 5.88 Å². The van der Waals surface area contributed by atoms with Crippen molar-refractivity contribution >= 4 is 27.5 Å². The van der Waals surface area contributed by atoms with Gasteiger partial charge in [0.15, 0.2) is 0 Å². The number of pyridine rings is 1. The number of hydrogen-bond acceptors (Lipinski definition) is 2. The van der Waals surface area contributed by atoms with Gasteiger partial charge in [-0.1, -0.05) is 15.9 Å². The van der Waals surface area contributed by atoms with Crippen molar-refractivity contribution in [3.63, 3.8) is 0 Å². The minimum Gasteiger partial charge on any atom is -0.457 e. The van der Waals surface area contributed by atoms with Gasteiger partial charge in [-0.2, -0.15) is 0 Å². The fourth-order valence-corrected chi connectivity index (χ4v) is 2.07. The van der Waals surface area contributed by atoms with Crippen molar-refractivity contribution < 1.29 is 4.74 Å². The van der Waals surface area contributed by atoms with Gasteiger partial charge in [-0.05, 0) is 43.2 Å². The summed E-state index contributed by atoms with van der Waals surface area (Å²) in [4.78, 5) is 4.13. The van der Waals surface area contributed by atoms with Crippen LogP contribution in [0.2, 0.25) is 0 Å². The van der Waals surface area contributed by atoms with Crippen molar-refractivity contribution in [2.24, 2.45) is 0 Å². The Morgan fingerprint density at radius 2 is 1.83 bits per heavy atom. The van der Waals surface area contributed by atoms with E-state index in [1.54, 1.807) is 6.20 Å². The van der Waals surface area contributed by atoms with Crippen LogP contribution in [0.25, 0.3) is 0 Å². The number of nitrogens with zero attached hydrogens (tertiary/aromatic N) is 1. The predicted molar refractivity (Wildman–Crippen MR) is 77.5 cm³/mol. The summed E-state index contributed by atoms with van der Waals surface area (Å²) in [7, 11) is 0. The van der Waals surface area contributed by atoms with Gasteiger partial charge < -0.3 is 4.74 Å². The summed E-state index contributed by atoms with van der Waals surface area (Å²) in [6.45, 7) is 4.08. The van der Waals surface area contributed by atoms with Gasteiger partial charge in [-0.3, -0.25) is 4.98 Å². The van der Waals surface area contributed by atoms with Crippen molar-refractivity contribution in [1.29, 1.82) is 0 Å². The van der Waals surface area contributed by atoms with E-state index in [2.05, 4.69) is 20.9 Å². The van der Waals surface area contributed by atoms with E-state index in [0.717, 1.165) is 32.8 Å². The topological polar surface area (TPSA) is 22.1 Å². The third kappa shape index (κ3) is 3.03. The third-order valence-corrected chi connectivity index (χ3v) is 4.10. The molecule has 0 aliphatic rings. The Hall–Kier alpha value is -1.06. The lowest BCUT2D eigenvalue weighted by atomic mass is 10.1. The van der Waals surface area contributed by atoms with Gasteiger partial charge in [0.2, 0.25) is 0 Å². The molecule has 1 aromatic carbocycles. The lowest BCUT2D eigenvalue weighted by molar-refractivity contribution is 0.480. The zero-order valence-electron chi connectivity index (χ0n) is 10.2. The molecule has 0 radical (unpaired) electrons. The quantitative estimate of drug-likeness (QED) is 0.741. The summed E-state index contributed by atoms with van der Waals surface area (Å²) in [6.07, 6.45) is 1.70. The average molecular weight is 327 g/mol. The summed E-state index contributed by atoms with van der Waals surface area (Å²) >= 11 is 9.29. The number of ether oxygens (including phenoxy) is 1. The number of benzene rings is 1. The van der Waals surface area contributed by atoms with Gasteiger partial charge in [0.1, 0.15) is 11.5 Å². The lowest BCUT2D eigenvalue weighted by Gasteiger charge is -2.10. The van der Waals surface area contributed by atoms with Crippen LogP contribution in [0.5, 0.6) is 11.5 Å². The molecular formula is C14H13BrClNO. The minimum absolute atomic E-state index is 0.385. The highest BCUT2D eigenvalue weighted by Crippen LogP contribution is 2.29. The first kappa shape index (κ1) is 13.4. The van der Waals surface area contributed by atoms with Crippen LogP contribution in [0.1, 0.15) is 16.8 Å². The van der Waals surface area contributed by atoms with Crippen LogP contribution in [0, 0.1) is 13.8 Å². The number of hydrogen-bond donors (Lipinski definition) is 0. The van der Waals surface area contributed by atoms with Crippen LogP contribution in [-0.2, 0) is 5.88 Å². The smallest absolute Gasteiger partial charge is 0.130 e. The van der Waals surface area contributed by atoms with E-state index in [1.807, 2.05) is 38.1 Å². The van der Waals surface area contributed by atoms with Crippen LogP contribution in [0.15, 0.2) is 34.9 Å². The van der Waals surface area contributed by atoms with Crippen LogP contribution >= 0.6 is 27.5 Å². The normalized spacial score (nSPS) is 10.4. The molecule has 0 saturated carbocycles. The molecule has 1 heterocycles. The molecule has 0 bridgehead atoms. The van der Waals surface area contributed by atoms with Gasteiger partial charge in [0.25, 0.3) is 0 Å². The largest absolute Gasteiger partial charge is 0.457 e. The van der Waals surface area contributed by atoms with Crippen molar-refractivity contribution in [3.05, 3.63) is 51.8 Å². The average Bonchev–Trinajstić information content (AvgIpc) is 2.36. The van der Waals surface area contributed by atoms with Crippen LogP contribution in [0.4, 0.5) is 0 Å². The lowest BCUT2D eigenvalue weighted by Crippen LogP contribution is -1.90. The first-order valence-electron chi connectivity index (χ1n) is 5.55. The standard InChI is InChI=1S/C14H13BrClNO/c1-9-5-13(6-10(2)14(9)15)18-12-3-4-17-11(7-12)8-16/h3-7H,8H2,1-2H3. The van der Waals surface area contributed by atoms with Crippen molar-refractivity contribution in [1.82, 2.24) is 4.98 Å². The zero-order chi connectivity index (χ0) is 13.1. The fourth-order valence-electron chi connectivity index (χ4n) is 1.69. The molecule has 4 heteroatoms. The maximum absolute atomic E-state index is 5.82. The second kappa shape index (κ2) is 5.72. The molecule has 0 amide bonds. The van der Waals surface area contributed by atoms with Crippen molar-refractivity contribution in [2.45, 2.75) is 19.7 Å². The van der Waals surface area contributed by atoms with Gasteiger partial charge in [-0.15, -0.1) is 11.6 Å². The van der Waals surface area contributed by atoms with Crippen LogP contribution in [-0.4, -0.2) is 4.98 Å². The Labute approximate surface area is 120 Å². The monoisotopic (exact) mass is 325 g/mol. The van der Waals surface area contributed by atoms with Crippen LogP contribution in [0.3, 0.4) is 0 Å². The third-order valence-electron chi connectivity index (χ3n) is 2.57. The van der Waals surface area contributed by atoms with E-state index in [1.165, 1.54) is 0 Å². The van der Waals surface area contributed by atoms with E-state index in [9.17, 15) is 0 Å². The second-order valence-electron chi connectivity index (χ2n) is 4.09. The molecule has 0 fully saturated rings. The molecule has 18 heavy (non-hydrogen) atoms. The summed E-state index contributed by atoms with van der Waals surface area (Å²) in [5.41, 5.74) is 3.10. The summed E-state index contributed by atoms with van der Waals surface area (Å²) in [6, 6.07) is 7.66. The first-order valence-corrected chi connectivity index (χ1v) is 6.88. The molecular weight excluding hydrogens is 314 g/mol. The molecule has 2 nitrogen and oxygen atoms in total. The SMILES string of the molecule is Cc1cc(Oc2ccnc(CCl)c2)cc(C)c1Br. The summed E-state index contributed by atoms with van der Waals surface area (Å²) in [5.74, 6) is 1.96. The molecule has 94 valence electrons. The number of rotatable bonds is 3. The molecule has 1 aromatic heterocycles. The second-order valence-corrected chi connectivity index (χ2v) is 5.15. The number of halogens is 2. The Balaban J connectivity index is 2.28. The van der Waals surface area contributed by atoms with Gasteiger partial charge in [0, 0.05) is 16.7 Å². The highest BCUT2D eigenvalue weighted by Gasteiger charge is 2.05. The van der Waals surface area contributed by atoms with Crippen LogP contribution < -0.4 is 4.74 Å². The van der Waals surface area contributed by atoms with E-state index in [4.69, 9.17) is 16.3 Å². The van der Waals surface area contributed by atoms with E-state index < -0.39 is 0 Å². The fraction of sp³-hybridized carbons (Fsp3) is 0.214. The molecule has 0 N–H and O–H groups in total. The predicted octanol–water partition coefficient (Wildman–Crippen LogP) is 4.99. The van der Waals surface area contributed by atoms with Crippen molar-refractivity contribution in [2.75, 3.05) is 0 Å². The molecule has 0 aliphatic heterocycles. The van der Waals surface area contributed by atoms with E-state index in [-0.39, 0.29) is 0 Å². The molecule has 0 aliphatic carbocycles. The Morgan fingerprint density at radius 3 is 2.44 bits per heavy atom. The Kier molecular flexibility index (Phi) is 4.25. The summed E-state index contributed by atoms with van der Waals surface area (Å²) in [5, 5.41) is 0. The molecule has 0 atom stereocenters. The minimum atomic E-state index is 0.385. The maximum atomic E-state index is 5.82. The van der Waals surface area contributed by atoms with Gasteiger partial charge >= 0.3 is 0 Å². The number of alkyl halides is 1. The molecule has 0 spiro atoms. The molecule has 2 rings (SSSR count). The molecule has 0 unspecified atom stereocenters. The molecule has 2 aromatic rings. The highest BCUT2D eigenvalue weighted by molar-refractivity contribution is 9.10. The zero-order valence-corrected chi connectivity index (χ0v) is 12.5. The molecule has 0 saturated heterocycles. The van der Waals surface area contributed by atoms with E-state index >= 15 is 0 Å². The van der Waals surface area contributed by atoms with Crippen molar-refractivity contribution in [3.8, 4) is 11.5 Å². The summed E-state index contributed by atoms with van der Waals surface area (Å²) < 4.78 is 6.93. The number of aryl methyl sites for hydroxylation is 2. The maximum Gasteiger partial charge on any atom is 0.130 e. The Morgan fingerprint density at radius 1 is 1.17 bits per heavy atom. The highest BCUT2D eigenvalue weighted by atomic mass is 79.9. The Bertz CT molecular complexity index is 548. The van der Waals surface area contributed by atoms with Gasteiger partial charge in [0.05, 0.1) is 11.6 Å². The number of aromatic nitrogens is 1.